The van der Waals surface area contributed by atoms with E-state index in [1.807, 2.05) is 13.0 Å². The van der Waals surface area contributed by atoms with Crippen LogP contribution < -0.4 is 5.73 Å². The number of nitrogens with one attached hydrogen (secondary N) is 1. The summed E-state index contributed by atoms with van der Waals surface area (Å²) in [5.41, 5.74) is 8.74. The van der Waals surface area contributed by atoms with Gasteiger partial charge in [0.05, 0.1) is 22.8 Å². The van der Waals surface area contributed by atoms with E-state index in [1.54, 1.807) is 6.20 Å². The van der Waals surface area contributed by atoms with E-state index in [-0.39, 0.29) is 0 Å². The maximum Gasteiger partial charge on any atom is 0.260 e. The number of aromatic amines is 1. The van der Waals surface area contributed by atoms with Crippen LogP contribution in [0.4, 0.5) is 0 Å². The first-order valence-electron chi connectivity index (χ1n) is 6.73. The molecule has 3 N–H and O–H groups in total. The largest absolute Gasteiger partial charge is 0.334 e. The fraction of sp³-hybridized carbons (Fsp3) is 0.357. The molecule has 102 valence electrons. The van der Waals surface area contributed by atoms with Gasteiger partial charge in [0.15, 0.2) is 5.82 Å². The van der Waals surface area contributed by atoms with Gasteiger partial charge in [-0.05, 0) is 43.9 Å². The molecule has 6 heteroatoms. The Morgan fingerprint density at radius 1 is 1.35 bits per heavy atom. The Morgan fingerprint density at radius 2 is 2.20 bits per heavy atom. The smallest absolute Gasteiger partial charge is 0.260 e. The van der Waals surface area contributed by atoms with Crippen LogP contribution in [0.5, 0.6) is 0 Å². The number of aryl methyl sites for hydroxylation is 1. The molecular formula is C14H15N5O. The second-order valence-electron chi connectivity index (χ2n) is 5.58. The SMILES string of the molecule is Cc1cc(-c2nc(C3(N)CCC3)no2)c2[nH]ncc2c1. The molecule has 0 aliphatic heterocycles. The van der Waals surface area contributed by atoms with Crippen LogP contribution in [0, 0.1) is 6.92 Å². The lowest BCUT2D eigenvalue weighted by Gasteiger charge is -2.34. The van der Waals surface area contributed by atoms with E-state index in [9.17, 15) is 0 Å². The number of benzene rings is 1. The van der Waals surface area contributed by atoms with Gasteiger partial charge in [-0.25, -0.2) is 0 Å². The number of nitrogens with zero attached hydrogens (tertiary/aromatic N) is 3. The molecule has 6 nitrogen and oxygen atoms in total. The first kappa shape index (κ1) is 11.6. The topological polar surface area (TPSA) is 93.6 Å². The molecule has 4 rings (SSSR count). The first-order valence-corrected chi connectivity index (χ1v) is 6.73. The fourth-order valence-electron chi connectivity index (χ4n) is 2.69. The van der Waals surface area contributed by atoms with E-state index in [1.165, 1.54) is 0 Å². The standard InChI is InChI=1S/C14H15N5O/c1-8-5-9-7-16-18-11(9)10(6-8)12-17-13(19-20-12)14(15)3-2-4-14/h5-7H,2-4,15H2,1H3,(H,16,18). The van der Waals surface area contributed by atoms with Crippen molar-refractivity contribution >= 4 is 10.9 Å². The monoisotopic (exact) mass is 269 g/mol. The summed E-state index contributed by atoms with van der Waals surface area (Å²) in [6, 6.07) is 4.08. The van der Waals surface area contributed by atoms with Gasteiger partial charge in [-0.2, -0.15) is 10.1 Å². The van der Waals surface area contributed by atoms with Crippen molar-refractivity contribution in [2.24, 2.45) is 5.73 Å². The maximum atomic E-state index is 6.23. The molecule has 0 radical (unpaired) electrons. The zero-order valence-corrected chi connectivity index (χ0v) is 11.2. The van der Waals surface area contributed by atoms with Gasteiger partial charge in [0.2, 0.25) is 0 Å². The lowest BCUT2D eigenvalue weighted by atomic mass is 9.77. The van der Waals surface area contributed by atoms with Gasteiger partial charge >= 0.3 is 0 Å². The van der Waals surface area contributed by atoms with E-state index in [0.717, 1.165) is 41.3 Å². The molecule has 2 heterocycles. The van der Waals surface area contributed by atoms with Crippen LogP contribution in [0.1, 0.15) is 30.7 Å². The summed E-state index contributed by atoms with van der Waals surface area (Å²) in [6.07, 6.45) is 4.74. The summed E-state index contributed by atoms with van der Waals surface area (Å²) < 4.78 is 5.42. The normalized spacial score (nSPS) is 17.3. The van der Waals surface area contributed by atoms with Crippen molar-refractivity contribution in [3.63, 3.8) is 0 Å². The highest BCUT2D eigenvalue weighted by molar-refractivity contribution is 5.91. The summed E-state index contributed by atoms with van der Waals surface area (Å²) in [7, 11) is 0. The van der Waals surface area contributed by atoms with Crippen LogP contribution in [0.3, 0.4) is 0 Å². The molecule has 1 aliphatic rings. The molecule has 0 amide bonds. The molecule has 1 aliphatic carbocycles. The number of H-pyrrole nitrogens is 1. The Bertz CT molecular complexity index is 784. The molecule has 20 heavy (non-hydrogen) atoms. The highest BCUT2D eigenvalue weighted by Crippen LogP contribution is 2.38. The Balaban J connectivity index is 1.85. The number of rotatable bonds is 2. The van der Waals surface area contributed by atoms with Crippen LogP contribution in [0.2, 0.25) is 0 Å². The second-order valence-corrected chi connectivity index (χ2v) is 5.58. The maximum absolute atomic E-state index is 6.23. The minimum Gasteiger partial charge on any atom is -0.334 e. The zero-order chi connectivity index (χ0) is 13.7. The van der Waals surface area contributed by atoms with Crippen molar-refractivity contribution in [3.05, 3.63) is 29.7 Å². The molecule has 0 saturated heterocycles. The zero-order valence-electron chi connectivity index (χ0n) is 11.2. The molecule has 0 spiro atoms. The van der Waals surface area contributed by atoms with E-state index in [2.05, 4.69) is 26.4 Å². The quantitative estimate of drug-likeness (QED) is 0.744. The van der Waals surface area contributed by atoms with Crippen LogP contribution in [0.15, 0.2) is 22.9 Å². The first-order chi connectivity index (χ1) is 9.66. The Kier molecular flexibility index (Phi) is 2.26. The van der Waals surface area contributed by atoms with Crippen LogP contribution in [0.25, 0.3) is 22.4 Å². The third kappa shape index (κ3) is 1.58. The summed E-state index contributed by atoms with van der Waals surface area (Å²) >= 11 is 0. The van der Waals surface area contributed by atoms with Crippen molar-refractivity contribution in [1.29, 1.82) is 0 Å². The summed E-state index contributed by atoms with van der Waals surface area (Å²) in [5.74, 6) is 1.10. The molecule has 0 atom stereocenters. The highest BCUT2D eigenvalue weighted by atomic mass is 16.5. The minimum atomic E-state index is -0.404. The average molecular weight is 269 g/mol. The number of aromatic nitrogens is 4. The van der Waals surface area contributed by atoms with E-state index in [0.29, 0.717) is 11.7 Å². The Morgan fingerprint density at radius 3 is 2.95 bits per heavy atom. The minimum absolute atomic E-state index is 0.404. The number of hydrogen-bond acceptors (Lipinski definition) is 5. The average Bonchev–Trinajstić information content (AvgIpc) is 3.03. The van der Waals surface area contributed by atoms with E-state index >= 15 is 0 Å². The molecular weight excluding hydrogens is 254 g/mol. The van der Waals surface area contributed by atoms with E-state index in [4.69, 9.17) is 10.3 Å². The molecule has 2 aromatic heterocycles. The van der Waals surface area contributed by atoms with Crippen molar-refractivity contribution in [3.8, 4) is 11.5 Å². The van der Waals surface area contributed by atoms with Gasteiger partial charge in [0.25, 0.3) is 5.89 Å². The van der Waals surface area contributed by atoms with Crippen molar-refractivity contribution in [2.45, 2.75) is 31.7 Å². The lowest BCUT2D eigenvalue weighted by Crippen LogP contribution is -2.44. The summed E-state index contributed by atoms with van der Waals surface area (Å²) in [5, 5.41) is 12.1. The number of fused-ring (bicyclic) bond motifs is 1. The molecule has 1 aromatic carbocycles. The van der Waals surface area contributed by atoms with E-state index < -0.39 is 5.54 Å². The van der Waals surface area contributed by atoms with Crippen LogP contribution >= 0.6 is 0 Å². The third-order valence-corrected chi connectivity index (χ3v) is 4.04. The third-order valence-electron chi connectivity index (χ3n) is 4.04. The molecule has 1 fully saturated rings. The van der Waals surface area contributed by atoms with Crippen LogP contribution in [-0.4, -0.2) is 20.3 Å². The molecule has 3 aromatic rings. The highest BCUT2D eigenvalue weighted by Gasteiger charge is 2.39. The fourth-order valence-corrected chi connectivity index (χ4v) is 2.69. The molecule has 1 saturated carbocycles. The molecule has 0 bridgehead atoms. The van der Waals surface area contributed by atoms with Crippen LogP contribution in [-0.2, 0) is 5.54 Å². The number of nitrogens with two attached hydrogens (primary N) is 1. The summed E-state index contributed by atoms with van der Waals surface area (Å²) in [4.78, 5) is 4.49. The van der Waals surface area contributed by atoms with Crippen molar-refractivity contribution in [2.75, 3.05) is 0 Å². The van der Waals surface area contributed by atoms with Crippen molar-refractivity contribution in [1.82, 2.24) is 20.3 Å². The molecule has 0 unspecified atom stereocenters. The predicted molar refractivity (Wildman–Crippen MR) is 73.8 cm³/mol. The van der Waals surface area contributed by atoms with Gasteiger partial charge in [-0.1, -0.05) is 5.16 Å². The van der Waals surface area contributed by atoms with Crippen molar-refractivity contribution < 1.29 is 4.52 Å². The van der Waals surface area contributed by atoms with Gasteiger partial charge in [-0.3, -0.25) is 5.10 Å². The van der Waals surface area contributed by atoms with Gasteiger partial charge in [0, 0.05) is 5.39 Å². The summed E-state index contributed by atoms with van der Waals surface area (Å²) in [6.45, 7) is 2.03. The Hall–Kier alpha value is -2.21. The predicted octanol–water partition coefficient (Wildman–Crippen LogP) is 2.26. The van der Waals surface area contributed by atoms with Gasteiger partial charge in [0.1, 0.15) is 0 Å². The number of hydrogen-bond donors (Lipinski definition) is 2. The van der Waals surface area contributed by atoms with Gasteiger partial charge < -0.3 is 10.3 Å². The second kappa shape index (κ2) is 3.89. The van der Waals surface area contributed by atoms with Gasteiger partial charge in [-0.15, -0.1) is 0 Å². The lowest BCUT2D eigenvalue weighted by molar-refractivity contribution is 0.229. The Labute approximate surface area is 115 Å².